The number of aliphatic hydroxyl groups excluding tert-OH is 1. The summed E-state index contributed by atoms with van der Waals surface area (Å²) in [6, 6.07) is 0. The number of carbonyl (C=O) groups is 2. The van der Waals surface area contributed by atoms with Crippen LogP contribution in [0.2, 0.25) is 0 Å². The smallest absolute Gasteiger partial charge is 0.339 e. The highest BCUT2D eigenvalue weighted by Gasteiger charge is 2.36. The Morgan fingerprint density at radius 3 is 3.00 bits per heavy atom. The van der Waals surface area contributed by atoms with Gasteiger partial charge in [0.1, 0.15) is 5.57 Å². The molecule has 1 saturated heterocycles. The Hall–Kier alpha value is -1.56. The summed E-state index contributed by atoms with van der Waals surface area (Å²) in [7, 11) is 0. The van der Waals surface area contributed by atoms with Crippen LogP contribution in [0.15, 0.2) is 11.3 Å². The summed E-state index contributed by atoms with van der Waals surface area (Å²) in [6.45, 7) is 3.86. The fourth-order valence-electron chi connectivity index (χ4n) is 2.18. The number of aliphatic hydroxyl groups is 1. The second-order valence-electron chi connectivity index (χ2n) is 4.46. The summed E-state index contributed by atoms with van der Waals surface area (Å²) in [4.78, 5) is 24.8. The highest BCUT2D eigenvalue weighted by Crippen LogP contribution is 2.22. The average molecular weight is 255 g/mol. The number of carbonyl (C=O) groups excluding carboxylic acids is 2. The lowest BCUT2D eigenvalue weighted by molar-refractivity contribution is -0.138. The maximum absolute atomic E-state index is 11.8. The molecule has 18 heavy (non-hydrogen) atoms. The molecule has 1 amide bonds. The predicted octanol–water partition coefficient (Wildman–Crippen LogP) is 0.240. The maximum Gasteiger partial charge on any atom is 0.339 e. The highest BCUT2D eigenvalue weighted by atomic mass is 16.5. The molecule has 1 N–H and O–H groups in total. The minimum Gasteiger partial charge on any atom is -0.503 e. The van der Waals surface area contributed by atoms with E-state index in [-0.39, 0.29) is 24.6 Å². The third kappa shape index (κ3) is 2.48. The van der Waals surface area contributed by atoms with Crippen LogP contribution in [0.25, 0.3) is 0 Å². The molecule has 6 heteroatoms. The third-order valence-electron chi connectivity index (χ3n) is 3.15. The Kier molecular flexibility index (Phi) is 3.86. The zero-order chi connectivity index (χ0) is 13.1. The molecular weight excluding hydrogens is 238 g/mol. The minimum absolute atomic E-state index is 0.0563. The molecule has 0 aliphatic carbocycles. The number of esters is 1. The van der Waals surface area contributed by atoms with Crippen LogP contribution in [0.3, 0.4) is 0 Å². The van der Waals surface area contributed by atoms with Crippen LogP contribution in [0.4, 0.5) is 0 Å². The molecular formula is C12H17NO5. The van der Waals surface area contributed by atoms with E-state index in [0.29, 0.717) is 19.8 Å². The molecule has 2 aliphatic rings. The lowest BCUT2D eigenvalue weighted by Crippen LogP contribution is -2.33. The predicted molar refractivity (Wildman–Crippen MR) is 61.8 cm³/mol. The van der Waals surface area contributed by atoms with Crippen LogP contribution in [0.5, 0.6) is 0 Å². The minimum atomic E-state index is -0.617. The second-order valence-corrected chi connectivity index (χ2v) is 4.46. The Balaban J connectivity index is 1.98. The van der Waals surface area contributed by atoms with E-state index in [2.05, 4.69) is 0 Å². The molecule has 0 spiro atoms. The van der Waals surface area contributed by atoms with Crippen LogP contribution < -0.4 is 0 Å². The molecule has 2 heterocycles. The van der Waals surface area contributed by atoms with Crippen molar-refractivity contribution in [3.63, 3.8) is 0 Å². The molecule has 6 nitrogen and oxygen atoms in total. The first-order valence-electron chi connectivity index (χ1n) is 6.09. The summed E-state index contributed by atoms with van der Waals surface area (Å²) in [5, 5.41) is 9.66. The van der Waals surface area contributed by atoms with Gasteiger partial charge in [0.05, 0.1) is 19.8 Å². The van der Waals surface area contributed by atoms with E-state index >= 15 is 0 Å². The number of nitrogens with zero attached hydrogens (tertiary/aromatic N) is 1. The first-order chi connectivity index (χ1) is 8.63. The number of rotatable bonds is 4. The fourth-order valence-corrected chi connectivity index (χ4v) is 2.18. The summed E-state index contributed by atoms with van der Waals surface area (Å²) < 4.78 is 10.0. The molecule has 0 aromatic carbocycles. The number of hydrogen-bond donors (Lipinski definition) is 1. The van der Waals surface area contributed by atoms with Crippen molar-refractivity contribution in [1.82, 2.24) is 4.90 Å². The van der Waals surface area contributed by atoms with Crippen molar-refractivity contribution in [3.8, 4) is 0 Å². The van der Waals surface area contributed by atoms with Gasteiger partial charge in [-0.2, -0.15) is 0 Å². The van der Waals surface area contributed by atoms with Crippen molar-refractivity contribution < 1.29 is 24.2 Å². The second kappa shape index (κ2) is 5.39. The molecule has 2 rings (SSSR count). The molecule has 0 bridgehead atoms. The summed E-state index contributed by atoms with van der Waals surface area (Å²) in [5.74, 6) is -1.31. The van der Waals surface area contributed by atoms with Gasteiger partial charge in [-0.1, -0.05) is 0 Å². The Labute approximate surface area is 105 Å². The SMILES string of the molecule is CCOC(=O)C1=C(O)C(=O)N(CC2CCOC2)C1. The topological polar surface area (TPSA) is 76.1 Å². The zero-order valence-corrected chi connectivity index (χ0v) is 10.3. The van der Waals surface area contributed by atoms with Crippen molar-refractivity contribution in [1.29, 1.82) is 0 Å². The first kappa shape index (κ1) is 12.9. The zero-order valence-electron chi connectivity index (χ0n) is 10.3. The van der Waals surface area contributed by atoms with E-state index in [1.807, 2.05) is 0 Å². The van der Waals surface area contributed by atoms with Gasteiger partial charge in [0.2, 0.25) is 0 Å². The van der Waals surface area contributed by atoms with E-state index < -0.39 is 17.6 Å². The van der Waals surface area contributed by atoms with Gasteiger partial charge in [0.15, 0.2) is 5.76 Å². The number of ether oxygens (including phenoxy) is 2. The lowest BCUT2D eigenvalue weighted by Gasteiger charge is -2.19. The molecule has 1 unspecified atom stereocenters. The van der Waals surface area contributed by atoms with E-state index in [1.54, 1.807) is 6.92 Å². The van der Waals surface area contributed by atoms with Crippen molar-refractivity contribution in [3.05, 3.63) is 11.3 Å². The van der Waals surface area contributed by atoms with E-state index in [4.69, 9.17) is 9.47 Å². The molecule has 1 fully saturated rings. The summed E-state index contributed by atoms with van der Waals surface area (Å²) >= 11 is 0. The number of amides is 1. The molecule has 100 valence electrons. The van der Waals surface area contributed by atoms with Crippen molar-refractivity contribution in [2.75, 3.05) is 32.9 Å². The van der Waals surface area contributed by atoms with Gasteiger partial charge in [0.25, 0.3) is 5.91 Å². The monoisotopic (exact) mass is 255 g/mol. The lowest BCUT2D eigenvalue weighted by atomic mass is 10.1. The van der Waals surface area contributed by atoms with Gasteiger partial charge < -0.3 is 19.5 Å². The van der Waals surface area contributed by atoms with Gasteiger partial charge in [-0.05, 0) is 13.3 Å². The third-order valence-corrected chi connectivity index (χ3v) is 3.15. The Morgan fingerprint density at radius 2 is 2.39 bits per heavy atom. The largest absolute Gasteiger partial charge is 0.503 e. The van der Waals surface area contributed by atoms with Crippen LogP contribution in [0.1, 0.15) is 13.3 Å². The molecule has 2 aliphatic heterocycles. The van der Waals surface area contributed by atoms with Crippen LogP contribution in [-0.2, 0) is 19.1 Å². The van der Waals surface area contributed by atoms with Gasteiger partial charge in [0, 0.05) is 19.1 Å². The van der Waals surface area contributed by atoms with Gasteiger partial charge in [-0.15, -0.1) is 0 Å². The molecule has 0 aromatic rings. The highest BCUT2D eigenvalue weighted by molar-refractivity contribution is 6.05. The molecule has 1 atom stereocenters. The van der Waals surface area contributed by atoms with Crippen LogP contribution in [-0.4, -0.2) is 54.8 Å². The van der Waals surface area contributed by atoms with E-state index in [9.17, 15) is 14.7 Å². The van der Waals surface area contributed by atoms with E-state index in [1.165, 1.54) is 4.90 Å². The normalized spacial score (nSPS) is 23.9. The van der Waals surface area contributed by atoms with Gasteiger partial charge >= 0.3 is 5.97 Å². The molecule has 0 aromatic heterocycles. The van der Waals surface area contributed by atoms with Crippen molar-refractivity contribution >= 4 is 11.9 Å². The Morgan fingerprint density at radius 1 is 1.61 bits per heavy atom. The van der Waals surface area contributed by atoms with Crippen molar-refractivity contribution in [2.24, 2.45) is 5.92 Å². The summed E-state index contributed by atoms with van der Waals surface area (Å²) in [5.41, 5.74) is 0.0563. The molecule has 0 radical (unpaired) electrons. The summed E-state index contributed by atoms with van der Waals surface area (Å²) in [6.07, 6.45) is 0.902. The first-order valence-corrected chi connectivity index (χ1v) is 6.09. The van der Waals surface area contributed by atoms with Crippen LogP contribution in [0, 0.1) is 5.92 Å². The average Bonchev–Trinajstić information content (AvgIpc) is 2.93. The van der Waals surface area contributed by atoms with Crippen molar-refractivity contribution in [2.45, 2.75) is 13.3 Å². The van der Waals surface area contributed by atoms with E-state index in [0.717, 1.165) is 6.42 Å². The quantitative estimate of drug-likeness (QED) is 0.728. The maximum atomic E-state index is 11.8. The fraction of sp³-hybridized carbons (Fsp3) is 0.667. The number of hydrogen-bond acceptors (Lipinski definition) is 5. The van der Waals surface area contributed by atoms with Gasteiger partial charge in [-0.3, -0.25) is 4.79 Å². The standard InChI is InChI=1S/C12H17NO5/c1-2-18-12(16)9-6-13(11(15)10(9)14)5-8-3-4-17-7-8/h8,14H,2-7H2,1H3. The van der Waals surface area contributed by atoms with Gasteiger partial charge in [-0.25, -0.2) is 4.79 Å². The molecule has 0 saturated carbocycles. The Bertz CT molecular complexity index is 384. The van der Waals surface area contributed by atoms with Crippen LogP contribution >= 0.6 is 0 Å².